The number of aromatic nitrogens is 5. The number of aryl methyl sites for hydroxylation is 1. The van der Waals surface area contributed by atoms with Gasteiger partial charge in [-0.3, -0.25) is 20.1 Å². The van der Waals surface area contributed by atoms with E-state index in [0.29, 0.717) is 11.7 Å². The van der Waals surface area contributed by atoms with Crippen LogP contribution >= 0.6 is 23.1 Å². The molecule has 1 fully saturated rings. The highest BCUT2D eigenvalue weighted by Gasteiger charge is 2.30. The number of aromatic amines is 1. The predicted molar refractivity (Wildman–Crippen MR) is 89.6 cm³/mol. The first-order valence-electron chi connectivity index (χ1n) is 7.55. The topological polar surface area (TPSA) is 99.7 Å². The highest BCUT2D eigenvalue weighted by molar-refractivity contribution is 8.01. The van der Waals surface area contributed by atoms with Crippen LogP contribution in [0.3, 0.4) is 0 Å². The van der Waals surface area contributed by atoms with Gasteiger partial charge in [-0.25, -0.2) is 4.98 Å². The first kappa shape index (κ1) is 16.3. The molecular weight excluding hydrogens is 334 g/mol. The Morgan fingerprint density at radius 3 is 3.13 bits per heavy atom. The van der Waals surface area contributed by atoms with Crippen LogP contribution in [0.2, 0.25) is 0 Å². The van der Waals surface area contributed by atoms with Crippen molar-refractivity contribution in [2.24, 2.45) is 0 Å². The summed E-state index contributed by atoms with van der Waals surface area (Å²) in [6, 6.07) is 0.103. The molecule has 1 amide bonds. The summed E-state index contributed by atoms with van der Waals surface area (Å²) >= 11 is 3.02. The van der Waals surface area contributed by atoms with E-state index >= 15 is 0 Å². The molecule has 0 aromatic carbocycles. The third-order valence-corrected chi connectivity index (χ3v) is 5.40. The minimum atomic E-state index is -0.0756. The lowest BCUT2D eigenvalue weighted by Crippen LogP contribution is -2.33. The van der Waals surface area contributed by atoms with Crippen LogP contribution in [0.5, 0.6) is 0 Å². The highest BCUT2D eigenvalue weighted by Crippen LogP contribution is 2.29. The summed E-state index contributed by atoms with van der Waals surface area (Å²) in [6.45, 7) is 5.12. The van der Waals surface area contributed by atoms with Gasteiger partial charge in [-0.05, 0) is 32.1 Å². The first-order valence-corrected chi connectivity index (χ1v) is 9.35. The summed E-state index contributed by atoms with van der Waals surface area (Å²) in [4.78, 5) is 18.8. The lowest BCUT2D eigenvalue weighted by molar-refractivity contribution is -0.117. The number of likely N-dealkylation sites (tertiary alicyclic amines) is 1. The lowest BCUT2D eigenvalue weighted by atomic mass is 10.2. The number of H-pyrrole nitrogens is 1. The molecule has 3 heterocycles. The van der Waals surface area contributed by atoms with Gasteiger partial charge in [0.05, 0.1) is 12.6 Å². The van der Waals surface area contributed by atoms with Crippen LogP contribution in [-0.2, 0) is 4.79 Å². The van der Waals surface area contributed by atoms with Crippen molar-refractivity contribution in [1.82, 2.24) is 30.3 Å². The summed E-state index contributed by atoms with van der Waals surface area (Å²) in [7, 11) is 0. The van der Waals surface area contributed by atoms with Crippen molar-refractivity contribution < 1.29 is 4.79 Å². The van der Waals surface area contributed by atoms with Crippen LogP contribution in [0.25, 0.3) is 0 Å². The summed E-state index contributed by atoms with van der Waals surface area (Å²) in [5, 5.41) is 18.5. The van der Waals surface area contributed by atoms with Crippen molar-refractivity contribution in [1.29, 1.82) is 0 Å². The van der Waals surface area contributed by atoms with Crippen LogP contribution < -0.4 is 5.32 Å². The van der Waals surface area contributed by atoms with Gasteiger partial charge in [-0.1, -0.05) is 30.0 Å². The maximum Gasteiger partial charge on any atom is 0.240 e. The molecule has 0 spiro atoms. The van der Waals surface area contributed by atoms with Crippen molar-refractivity contribution in [3.8, 4) is 0 Å². The van der Waals surface area contributed by atoms with E-state index in [4.69, 9.17) is 0 Å². The average molecular weight is 353 g/mol. The van der Waals surface area contributed by atoms with Crippen LogP contribution in [0.1, 0.15) is 37.5 Å². The Morgan fingerprint density at radius 1 is 1.52 bits per heavy atom. The van der Waals surface area contributed by atoms with Gasteiger partial charge in [-0.15, -0.1) is 10.2 Å². The second kappa shape index (κ2) is 7.37. The molecular formula is C13H19N7OS2. The number of carbonyl (C=O) groups is 1. The molecule has 1 saturated heterocycles. The second-order valence-corrected chi connectivity index (χ2v) is 7.75. The van der Waals surface area contributed by atoms with Crippen LogP contribution in [-0.4, -0.2) is 55.0 Å². The minimum Gasteiger partial charge on any atom is -0.299 e. The first-order chi connectivity index (χ1) is 11.2. The van der Waals surface area contributed by atoms with E-state index in [0.717, 1.165) is 41.1 Å². The van der Waals surface area contributed by atoms with Gasteiger partial charge in [-0.2, -0.15) is 5.10 Å². The molecule has 2 aromatic heterocycles. The van der Waals surface area contributed by atoms with Gasteiger partial charge in [0, 0.05) is 0 Å². The molecule has 0 unspecified atom stereocenters. The summed E-state index contributed by atoms with van der Waals surface area (Å²) in [6.07, 6.45) is 2.02. The Labute approximate surface area is 142 Å². The van der Waals surface area contributed by atoms with Gasteiger partial charge in [0.15, 0.2) is 10.2 Å². The number of thioether (sulfide) groups is 1. The summed E-state index contributed by atoms with van der Waals surface area (Å²) in [5.41, 5.74) is 0. The zero-order chi connectivity index (χ0) is 16.2. The number of hydrogen-bond donors (Lipinski definition) is 2. The normalized spacial score (nSPS) is 18.4. The van der Waals surface area contributed by atoms with E-state index in [-0.39, 0.29) is 11.9 Å². The lowest BCUT2D eigenvalue weighted by Gasteiger charge is -2.20. The fourth-order valence-electron chi connectivity index (χ4n) is 2.60. The van der Waals surface area contributed by atoms with Crippen molar-refractivity contribution >= 4 is 34.1 Å². The summed E-state index contributed by atoms with van der Waals surface area (Å²) < 4.78 is 0.873. The zero-order valence-electron chi connectivity index (χ0n) is 13.1. The Kier molecular flexibility index (Phi) is 5.23. The van der Waals surface area contributed by atoms with Gasteiger partial charge in [0.1, 0.15) is 5.82 Å². The molecule has 1 atom stereocenters. The molecule has 0 aliphatic carbocycles. The van der Waals surface area contributed by atoms with Gasteiger partial charge in [0.25, 0.3) is 0 Å². The third kappa shape index (κ3) is 4.06. The molecule has 1 aliphatic heterocycles. The Bertz CT molecular complexity index is 671. The predicted octanol–water partition coefficient (Wildman–Crippen LogP) is 1.85. The largest absolute Gasteiger partial charge is 0.299 e. The fraction of sp³-hybridized carbons (Fsp3) is 0.615. The molecule has 124 valence electrons. The highest BCUT2D eigenvalue weighted by atomic mass is 32.2. The Hall–Kier alpha value is -1.52. The molecule has 2 N–H and O–H groups in total. The average Bonchev–Trinajstić information content (AvgIpc) is 3.21. The van der Waals surface area contributed by atoms with Crippen molar-refractivity contribution in [2.75, 3.05) is 24.2 Å². The van der Waals surface area contributed by atoms with Gasteiger partial charge >= 0.3 is 0 Å². The number of hydrogen-bond acceptors (Lipinski definition) is 8. The molecule has 2 aromatic rings. The maximum absolute atomic E-state index is 12.2. The molecule has 1 aliphatic rings. The van der Waals surface area contributed by atoms with Gasteiger partial charge < -0.3 is 0 Å². The van der Waals surface area contributed by atoms with E-state index in [1.807, 2.05) is 6.92 Å². The fourth-order valence-corrected chi connectivity index (χ4v) is 4.27. The van der Waals surface area contributed by atoms with E-state index in [1.165, 1.54) is 11.3 Å². The number of nitrogens with zero attached hydrogens (tertiary/aromatic N) is 5. The van der Waals surface area contributed by atoms with E-state index in [1.54, 1.807) is 11.8 Å². The molecule has 8 nitrogen and oxygen atoms in total. The Balaban J connectivity index is 1.58. The smallest absolute Gasteiger partial charge is 0.240 e. The van der Waals surface area contributed by atoms with Gasteiger partial charge in [0.2, 0.25) is 11.0 Å². The molecule has 3 rings (SSSR count). The van der Waals surface area contributed by atoms with E-state index < -0.39 is 0 Å². The third-order valence-electron chi connectivity index (χ3n) is 3.54. The molecule has 0 saturated carbocycles. The van der Waals surface area contributed by atoms with E-state index in [9.17, 15) is 4.79 Å². The van der Waals surface area contributed by atoms with Crippen LogP contribution in [0.4, 0.5) is 5.13 Å². The molecule has 10 heteroatoms. The minimum absolute atomic E-state index is 0.0756. The number of rotatable bonds is 6. The van der Waals surface area contributed by atoms with Crippen molar-refractivity contribution in [3.63, 3.8) is 0 Å². The zero-order valence-corrected chi connectivity index (χ0v) is 14.7. The van der Waals surface area contributed by atoms with Crippen LogP contribution in [0.15, 0.2) is 4.34 Å². The number of nitrogens with one attached hydrogen (secondary N) is 2. The Morgan fingerprint density at radius 2 is 2.39 bits per heavy atom. The quantitative estimate of drug-likeness (QED) is 0.604. The monoisotopic (exact) mass is 353 g/mol. The maximum atomic E-state index is 12.2. The second-order valence-electron chi connectivity index (χ2n) is 5.26. The number of carbonyl (C=O) groups excluding carboxylic acids is 1. The number of anilines is 1. The molecule has 23 heavy (non-hydrogen) atoms. The van der Waals surface area contributed by atoms with Crippen molar-refractivity contribution in [3.05, 3.63) is 11.6 Å². The SMILES string of the molecule is CCSc1nnc(NC(=O)CN2CCC[C@H]2c2n[nH]c(C)n2)s1. The standard InChI is InChI=1S/C13H19N7OS2/c1-3-22-13-19-18-12(23-13)15-10(21)7-20-6-4-5-9(20)11-14-8(2)16-17-11/h9H,3-7H2,1-2H3,(H,14,16,17)(H,15,18,21)/t9-/m0/s1. The van der Waals surface area contributed by atoms with E-state index in [2.05, 4.69) is 42.5 Å². The number of amides is 1. The van der Waals surface area contributed by atoms with Crippen molar-refractivity contribution in [2.45, 2.75) is 37.1 Å². The molecule has 0 radical (unpaired) electrons. The molecule has 0 bridgehead atoms. The summed E-state index contributed by atoms with van der Waals surface area (Å²) in [5.74, 6) is 2.43. The van der Waals surface area contributed by atoms with Crippen LogP contribution in [0, 0.1) is 6.92 Å².